The number of aryl methyl sites for hydroxylation is 1. The lowest BCUT2D eigenvalue weighted by Gasteiger charge is -2.17. The lowest BCUT2D eigenvalue weighted by Crippen LogP contribution is -2.19. The molecule has 0 aromatic carbocycles. The first-order chi connectivity index (χ1) is 6.31. The minimum Gasteiger partial charge on any atom is -0.370 e. The van der Waals surface area contributed by atoms with Crippen LogP contribution in [0.5, 0.6) is 0 Å². The van der Waals surface area contributed by atoms with Crippen LogP contribution in [-0.2, 0) is 0 Å². The highest BCUT2D eigenvalue weighted by molar-refractivity contribution is 9.09. The SMILES string of the molecule is Cc1sccc1N1CCC(CBr)C1. The summed E-state index contributed by atoms with van der Waals surface area (Å²) in [7, 11) is 0. The van der Waals surface area contributed by atoms with E-state index in [-0.39, 0.29) is 0 Å². The van der Waals surface area contributed by atoms with Crippen molar-refractivity contribution in [3.8, 4) is 0 Å². The van der Waals surface area contributed by atoms with E-state index in [4.69, 9.17) is 0 Å². The Balaban J connectivity index is 2.08. The molecule has 2 rings (SSSR count). The molecule has 0 saturated carbocycles. The van der Waals surface area contributed by atoms with Gasteiger partial charge in [0, 0.05) is 23.3 Å². The van der Waals surface area contributed by atoms with Crippen LogP contribution in [0.1, 0.15) is 11.3 Å². The Bertz CT molecular complexity index is 284. The van der Waals surface area contributed by atoms with E-state index in [1.54, 1.807) is 0 Å². The number of hydrogen-bond donors (Lipinski definition) is 0. The summed E-state index contributed by atoms with van der Waals surface area (Å²) in [5, 5.41) is 3.33. The smallest absolute Gasteiger partial charge is 0.0504 e. The Labute approximate surface area is 91.9 Å². The Morgan fingerprint density at radius 1 is 1.69 bits per heavy atom. The first kappa shape index (κ1) is 9.53. The number of anilines is 1. The molecule has 2 heterocycles. The predicted octanol–water partition coefficient (Wildman–Crippen LogP) is 3.28. The van der Waals surface area contributed by atoms with Crippen LogP contribution in [0, 0.1) is 12.8 Å². The minimum absolute atomic E-state index is 0.847. The van der Waals surface area contributed by atoms with Gasteiger partial charge in [-0.05, 0) is 30.7 Å². The third kappa shape index (κ3) is 1.91. The summed E-state index contributed by atoms with van der Waals surface area (Å²) < 4.78 is 0. The summed E-state index contributed by atoms with van der Waals surface area (Å²) in [4.78, 5) is 3.97. The van der Waals surface area contributed by atoms with Gasteiger partial charge in [0.05, 0.1) is 5.69 Å². The van der Waals surface area contributed by atoms with Gasteiger partial charge in [0.1, 0.15) is 0 Å². The van der Waals surface area contributed by atoms with Gasteiger partial charge >= 0.3 is 0 Å². The van der Waals surface area contributed by atoms with Crippen molar-refractivity contribution < 1.29 is 0 Å². The van der Waals surface area contributed by atoms with Crippen molar-refractivity contribution in [2.45, 2.75) is 13.3 Å². The normalized spacial score (nSPS) is 22.6. The Kier molecular flexibility index (Phi) is 2.94. The molecule has 1 fully saturated rings. The van der Waals surface area contributed by atoms with Gasteiger partial charge in [-0.3, -0.25) is 0 Å². The molecule has 1 nitrogen and oxygen atoms in total. The standard InChI is InChI=1S/C10H14BrNS/c1-8-10(3-5-13-8)12-4-2-9(6-11)7-12/h3,5,9H,2,4,6-7H2,1H3. The van der Waals surface area contributed by atoms with Gasteiger partial charge in [-0.25, -0.2) is 0 Å². The zero-order chi connectivity index (χ0) is 9.26. The number of alkyl halides is 1. The van der Waals surface area contributed by atoms with Gasteiger partial charge < -0.3 is 4.90 Å². The fraction of sp³-hybridized carbons (Fsp3) is 0.600. The van der Waals surface area contributed by atoms with Crippen molar-refractivity contribution >= 4 is 33.0 Å². The van der Waals surface area contributed by atoms with Crippen molar-refractivity contribution in [3.05, 3.63) is 16.3 Å². The topological polar surface area (TPSA) is 3.24 Å². The van der Waals surface area contributed by atoms with E-state index in [0.29, 0.717) is 0 Å². The van der Waals surface area contributed by atoms with E-state index in [1.165, 1.54) is 30.1 Å². The molecule has 1 aliphatic rings. The summed E-state index contributed by atoms with van der Waals surface area (Å²) in [6, 6.07) is 2.25. The van der Waals surface area contributed by atoms with Crippen molar-refractivity contribution in [2.24, 2.45) is 5.92 Å². The fourth-order valence-corrected chi connectivity index (χ4v) is 3.13. The highest BCUT2D eigenvalue weighted by Crippen LogP contribution is 2.30. The summed E-state index contributed by atoms with van der Waals surface area (Å²) in [5.74, 6) is 0.847. The first-order valence-electron chi connectivity index (χ1n) is 4.66. The maximum atomic E-state index is 3.56. The summed E-state index contributed by atoms with van der Waals surface area (Å²) >= 11 is 5.41. The molecule has 1 atom stereocenters. The molecule has 0 N–H and O–H groups in total. The molecule has 13 heavy (non-hydrogen) atoms. The van der Waals surface area contributed by atoms with Crippen LogP contribution in [0.25, 0.3) is 0 Å². The molecule has 0 amide bonds. The van der Waals surface area contributed by atoms with Crippen LogP contribution < -0.4 is 4.90 Å². The van der Waals surface area contributed by atoms with Crippen LogP contribution >= 0.6 is 27.3 Å². The molecular formula is C10H14BrNS. The number of hydrogen-bond acceptors (Lipinski definition) is 2. The van der Waals surface area contributed by atoms with Crippen molar-refractivity contribution in [1.82, 2.24) is 0 Å². The van der Waals surface area contributed by atoms with Gasteiger partial charge in [-0.2, -0.15) is 0 Å². The molecule has 1 saturated heterocycles. The molecule has 1 aromatic heterocycles. The first-order valence-corrected chi connectivity index (χ1v) is 6.66. The predicted molar refractivity (Wildman–Crippen MR) is 63.2 cm³/mol. The van der Waals surface area contributed by atoms with E-state index in [2.05, 4.69) is 39.2 Å². The van der Waals surface area contributed by atoms with Gasteiger partial charge in [-0.1, -0.05) is 15.9 Å². The van der Waals surface area contributed by atoms with Gasteiger partial charge in [0.2, 0.25) is 0 Å². The van der Waals surface area contributed by atoms with Crippen molar-refractivity contribution in [1.29, 1.82) is 0 Å². The van der Waals surface area contributed by atoms with Gasteiger partial charge in [0.15, 0.2) is 0 Å². The number of nitrogens with zero attached hydrogens (tertiary/aromatic N) is 1. The average molecular weight is 260 g/mol. The number of thiophene rings is 1. The lowest BCUT2D eigenvalue weighted by atomic mass is 10.2. The maximum Gasteiger partial charge on any atom is 0.0504 e. The van der Waals surface area contributed by atoms with Crippen LogP contribution in [-0.4, -0.2) is 18.4 Å². The van der Waals surface area contributed by atoms with Crippen LogP contribution in [0.4, 0.5) is 5.69 Å². The molecule has 0 aliphatic carbocycles. The van der Waals surface area contributed by atoms with Crippen LogP contribution in [0.3, 0.4) is 0 Å². The Morgan fingerprint density at radius 2 is 2.54 bits per heavy atom. The highest BCUT2D eigenvalue weighted by atomic mass is 79.9. The Morgan fingerprint density at radius 3 is 3.08 bits per heavy atom. The van der Waals surface area contributed by atoms with Crippen molar-refractivity contribution in [3.63, 3.8) is 0 Å². The van der Waals surface area contributed by atoms with E-state index in [1.807, 2.05) is 11.3 Å². The summed E-state index contributed by atoms with van der Waals surface area (Å²) in [6.45, 7) is 4.66. The molecule has 3 heteroatoms. The number of halogens is 1. The van der Waals surface area contributed by atoms with E-state index < -0.39 is 0 Å². The van der Waals surface area contributed by atoms with E-state index >= 15 is 0 Å². The quantitative estimate of drug-likeness (QED) is 0.738. The van der Waals surface area contributed by atoms with Crippen LogP contribution in [0.15, 0.2) is 11.4 Å². The molecule has 0 bridgehead atoms. The molecule has 1 aromatic rings. The molecule has 0 spiro atoms. The Hall–Kier alpha value is -0.0200. The van der Waals surface area contributed by atoms with E-state index in [9.17, 15) is 0 Å². The third-order valence-electron chi connectivity index (χ3n) is 2.68. The molecule has 1 aliphatic heterocycles. The second-order valence-electron chi connectivity index (χ2n) is 3.62. The largest absolute Gasteiger partial charge is 0.370 e. The molecule has 72 valence electrons. The lowest BCUT2D eigenvalue weighted by molar-refractivity contribution is 0.676. The average Bonchev–Trinajstić information content (AvgIpc) is 2.71. The maximum absolute atomic E-state index is 3.56. The van der Waals surface area contributed by atoms with Gasteiger partial charge in [-0.15, -0.1) is 11.3 Å². The molecule has 0 radical (unpaired) electrons. The zero-order valence-corrected chi connectivity index (χ0v) is 10.2. The fourth-order valence-electron chi connectivity index (χ4n) is 1.88. The second-order valence-corrected chi connectivity index (χ2v) is 5.38. The summed E-state index contributed by atoms with van der Waals surface area (Å²) in [5.41, 5.74) is 1.45. The summed E-state index contributed by atoms with van der Waals surface area (Å²) in [6.07, 6.45) is 1.33. The van der Waals surface area contributed by atoms with E-state index in [0.717, 1.165) is 11.2 Å². The van der Waals surface area contributed by atoms with Crippen molar-refractivity contribution in [2.75, 3.05) is 23.3 Å². The second kappa shape index (κ2) is 4.01. The monoisotopic (exact) mass is 259 g/mol. The zero-order valence-electron chi connectivity index (χ0n) is 7.79. The van der Waals surface area contributed by atoms with Crippen LogP contribution in [0.2, 0.25) is 0 Å². The minimum atomic E-state index is 0.847. The number of rotatable bonds is 2. The molecule has 1 unspecified atom stereocenters. The third-order valence-corrected chi connectivity index (χ3v) is 4.43. The highest BCUT2D eigenvalue weighted by Gasteiger charge is 2.22. The van der Waals surface area contributed by atoms with Gasteiger partial charge in [0.25, 0.3) is 0 Å². The molecular weight excluding hydrogens is 246 g/mol.